The van der Waals surface area contributed by atoms with Crippen molar-refractivity contribution in [3.8, 4) is 23.8 Å². The molecule has 1 aliphatic rings. The number of para-hydroxylation sites is 1. The van der Waals surface area contributed by atoms with Crippen molar-refractivity contribution in [2.24, 2.45) is 0 Å². The second-order valence-electron chi connectivity index (χ2n) is 4.10. The Bertz CT molecular complexity index is 660. The first-order valence-corrected chi connectivity index (χ1v) is 7.03. The highest BCUT2D eigenvalue weighted by Crippen LogP contribution is 2.36. The summed E-state index contributed by atoms with van der Waals surface area (Å²) in [5.41, 5.74) is 0.409. The van der Waals surface area contributed by atoms with Crippen molar-refractivity contribution in [1.82, 2.24) is 4.90 Å². The second-order valence-corrected chi connectivity index (χ2v) is 5.09. The molecule has 2 amide bonds. The second kappa shape index (κ2) is 6.37. The molecular weight excluding hydrogens is 290 g/mol. The van der Waals surface area contributed by atoms with Crippen LogP contribution in [0.5, 0.6) is 11.5 Å². The van der Waals surface area contributed by atoms with Crippen molar-refractivity contribution >= 4 is 29.0 Å². The SMILES string of the molecule is C#CCN1C(=O)SC(=Cc2cccc(OCC)c2O)C1=O. The van der Waals surface area contributed by atoms with Gasteiger partial charge in [0, 0.05) is 5.56 Å². The van der Waals surface area contributed by atoms with E-state index in [1.165, 1.54) is 6.08 Å². The van der Waals surface area contributed by atoms with Crippen LogP contribution in [0.4, 0.5) is 4.79 Å². The summed E-state index contributed by atoms with van der Waals surface area (Å²) in [6.07, 6.45) is 6.58. The zero-order valence-electron chi connectivity index (χ0n) is 11.3. The highest BCUT2D eigenvalue weighted by atomic mass is 32.2. The van der Waals surface area contributed by atoms with E-state index in [4.69, 9.17) is 11.2 Å². The zero-order chi connectivity index (χ0) is 15.4. The van der Waals surface area contributed by atoms with Gasteiger partial charge in [0.05, 0.1) is 18.1 Å². The van der Waals surface area contributed by atoms with Gasteiger partial charge in [-0.15, -0.1) is 6.42 Å². The Morgan fingerprint density at radius 2 is 2.24 bits per heavy atom. The van der Waals surface area contributed by atoms with E-state index in [1.54, 1.807) is 25.1 Å². The summed E-state index contributed by atoms with van der Waals surface area (Å²) in [5.74, 6) is 2.07. The Hall–Kier alpha value is -2.39. The number of hydrogen-bond donors (Lipinski definition) is 1. The monoisotopic (exact) mass is 303 g/mol. The fourth-order valence-electron chi connectivity index (χ4n) is 1.80. The van der Waals surface area contributed by atoms with Crippen LogP contribution in [0.15, 0.2) is 23.1 Å². The molecular formula is C15H13NO4S. The maximum absolute atomic E-state index is 12.0. The lowest BCUT2D eigenvalue weighted by Crippen LogP contribution is -2.28. The summed E-state index contributed by atoms with van der Waals surface area (Å²) in [4.78, 5) is 24.9. The summed E-state index contributed by atoms with van der Waals surface area (Å²) >= 11 is 0.796. The van der Waals surface area contributed by atoms with Crippen molar-refractivity contribution in [2.45, 2.75) is 6.92 Å². The van der Waals surface area contributed by atoms with Crippen molar-refractivity contribution in [1.29, 1.82) is 0 Å². The molecule has 1 aromatic rings. The maximum Gasteiger partial charge on any atom is 0.294 e. The van der Waals surface area contributed by atoms with Crippen LogP contribution < -0.4 is 4.74 Å². The molecule has 0 bridgehead atoms. The Morgan fingerprint density at radius 1 is 1.48 bits per heavy atom. The number of carbonyl (C=O) groups excluding carboxylic acids is 2. The molecule has 6 heteroatoms. The molecule has 1 aromatic carbocycles. The van der Waals surface area contributed by atoms with Gasteiger partial charge in [0.2, 0.25) is 0 Å². The number of phenolic OH excluding ortho intramolecular Hbond substituents is 1. The van der Waals surface area contributed by atoms with Gasteiger partial charge in [-0.3, -0.25) is 14.5 Å². The van der Waals surface area contributed by atoms with Crippen molar-refractivity contribution in [3.05, 3.63) is 28.7 Å². The molecule has 0 spiro atoms. The summed E-state index contributed by atoms with van der Waals surface area (Å²) in [6.45, 7) is 2.15. The van der Waals surface area contributed by atoms with Gasteiger partial charge in [0.1, 0.15) is 0 Å². The molecule has 1 aliphatic heterocycles. The lowest BCUT2D eigenvalue weighted by Gasteiger charge is -2.08. The molecule has 108 valence electrons. The number of aromatic hydroxyl groups is 1. The summed E-state index contributed by atoms with van der Waals surface area (Å²) < 4.78 is 5.27. The summed E-state index contributed by atoms with van der Waals surface area (Å²) in [6, 6.07) is 4.95. The Morgan fingerprint density at radius 3 is 2.90 bits per heavy atom. The molecule has 0 radical (unpaired) electrons. The highest BCUT2D eigenvalue weighted by Gasteiger charge is 2.34. The topological polar surface area (TPSA) is 66.8 Å². The van der Waals surface area contributed by atoms with Crippen LogP contribution in [0, 0.1) is 12.3 Å². The third-order valence-electron chi connectivity index (χ3n) is 2.74. The molecule has 0 saturated carbocycles. The minimum Gasteiger partial charge on any atom is -0.504 e. The number of rotatable bonds is 4. The van der Waals surface area contributed by atoms with E-state index in [0.29, 0.717) is 17.9 Å². The van der Waals surface area contributed by atoms with Crippen LogP contribution in [-0.4, -0.2) is 34.3 Å². The van der Waals surface area contributed by atoms with E-state index in [1.807, 2.05) is 0 Å². The molecule has 1 N–H and O–H groups in total. The van der Waals surface area contributed by atoms with Crippen LogP contribution in [-0.2, 0) is 4.79 Å². The molecule has 0 atom stereocenters. The number of ether oxygens (including phenoxy) is 1. The number of carbonyl (C=O) groups is 2. The number of terminal acetylenes is 1. The molecule has 0 aromatic heterocycles. The predicted molar refractivity (Wildman–Crippen MR) is 80.8 cm³/mol. The van der Waals surface area contributed by atoms with Crippen molar-refractivity contribution in [2.75, 3.05) is 13.2 Å². The molecule has 5 nitrogen and oxygen atoms in total. The molecule has 1 heterocycles. The average Bonchev–Trinajstić information content (AvgIpc) is 2.71. The van der Waals surface area contributed by atoms with Crippen LogP contribution in [0.2, 0.25) is 0 Å². The van der Waals surface area contributed by atoms with Crippen LogP contribution in [0.1, 0.15) is 12.5 Å². The number of imide groups is 1. The van der Waals surface area contributed by atoms with Gasteiger partial charge in [0.25, 0.3) is 11.1 Å². The van der Waals surface area contributed by atoms with Gasteiger partial charge in [-0.05, 0) is 30.8 Å². The number of benzene rings is 1. The fourth-order valence-corrected chi connectivity index (χ4v) is 2.63. The summed E-state index contributed by atoms with van der Waals surface area (Å²) in [7, 11) is 0. The molecule has 0 unspecified atom stereocenters. The van der Waals surface area contributed by atoms with Crippen LogP contribution in [0.3, 0.4) is 0 Å². The number of amides is 2. The van der Waals surface area contributed by atoms with Gasteiger partial charge in [-0.1, -0.05) is 18.1 Å². The third-order valence-corrected chi connectivity index (χ3v) is 3.65. The van der Waals surface area contributed by atoms with Crippen LogP contribution in [0.25, 0.3) is 6.08 Å². The number of nitrogens with zero attached hydrogens (tertiary/aromatic N) is 1. The van der Waals surface area contributed by atoms with E-state index in [-0.39, 0.29) is 17.2 Å². The number of hydrogen-bond acceptors (Lipinski definition) is 5. The largest absolute Gasteiger partial charge is 0.504 e. The van der Waals surface area contributed by atoms with Crippen LogP contribution >= 0.6 is 11.8 Å². The first-order chi connectivity index (χ1) is 10.1. The summed E-state index contributed by atoms with van der Waals surface area (Å²) in [5, 5.41) is 9.67. The minimum atomic E-state index is -0.454. The zero-order valence-corrected chi connectivity index (χ0v) is 12.1. The van der Waals surface area contributed by atoms with Gasteiger partial charge in [-0.2, -0.15) is 0 Å². The molecule has 2 rings (SSSR count). The molecule has 21 heavy (non-hydrogen) atoms. The number of phenols is 1. The smallest absolute Gasteiger partial charge is 0.294 e. The minimum absolute atomic E-state index is 0.0625. The maximum atomic E-state index is 12.0. The Balaban J connectivity index is 2.33. The quantitative estimate of drug-likeness (QED) is 0.683. The molecule has 1 saturated heterocycles. The van der Waals surface area contributed by atoms with E-state index < -0.39 is 11.1 Å². The van der Waals surface area contributed by atoms with E-state index in [9.17, 15) is 14.7 Å². The van der Waals surface area contributed by atoms with Gasteiger partial charge in [0.15, 0.2) is 11.5 Å². The van der Waals surface area contributed by atoms with E-state index in [0.717, 1.165) is 16.7 Å². The Labute approximate surface area is 126 Å². The predicted octanol–water partition coefficient (Wildman–Crippen LogP) is 2.46. The first-order valence-electron chi connectivity index (χ1n) is 6.22. The lowest BCUT2D eigenvalue weighted by molar-refractivity contribution is -0.122. The lowest BCUT2D eigenvalue weighted by atomic mass is 10.1. The molecule has 0 aliphatic carbocycles. The average molecular weight is 303 g/mol. The Kier molecular flexibility index (Phi) is 4.55. The van der Waals surface area contributed by atoms with Gasteiger partial charge < -0.3 is 9.84 Å². The van der Waals surface area contributed by atoms with Crippen molar-refractivity contribution < 1.29 is 19.4 Å². The van der Waals surface area contributed by atoms with Gasteiger partial charge in [-0.25, -0.2) is 0 Å². The number of thioether (sulfide) groups is 1. The van der Waals surface area contributed by atoms with Crippen molar-refractivity contribution in [3.63, 3.8) is 0 Å². The highest BCUT2D eigenvalue weighted by molar-refractivity contribution is 8.18. The van der Waals surface area contributed by atoms with E-state index in [2.05, 4.69) is 5.92 Å². The third kappa shape index (κ3) is 3.03. The molecule has 1 fully saturated rings. The first kappa shape index (κ1) is 15.0. The van der Waals surface area contributed by atoms with E-state index >= 15 is 0 Å². The normalized spacial score (nSPS) is 16.4. The van der Waals surface area contributed by atoms with Gasteiger partial charge >= 0.3 is 0 Å². The standard InChI is InChI=1S/C15H13NO4S/c1-3-8-16-14(18)12(21-15(16)19)9-10-6-5-7-11(13(10)17)20-4-2/h1,5-7,9,17H,4,8H2,2H3. The fraction of sp³-hybridized carbons (Fsp3) is 0.200.